The minimum absolute atomic E-state index is 0.0553. The Morgan fingerprint density at radius 2 is 2.67 bits per heavy atom. The van der Waals surface area contributed by atoms with Gasteiger partial charge in [0.15, 0.2) is 5.76 Å². The lowest BCUT2D eigenvalue weighted by atomic mass is 10.3. The fraction of sp³-hybridized carbons (Fsp3) is 0.333. The molecule has 0 radical (unpaired) electrons. The molecule has 0 fully saturated rings. The van der Waals surface area contributed by atoms with Crippen LogP contribution in [0.25, 0.3) is 0 Å². The first-order chi connectivity index (χ1) is 4.33. The van der Waals surface area contributed by atoms with Gasteiger partial charge in [0.25, 0.3) is 0 Å². The second kappa shape index (κ2) is 2.55. The standard InChI is InChI=1S/C6H9NO2/c1-5-2-3-6(4-8)9-7-5/h3,7-8H,1-2,4H2. The summed E-state index contributed by atoms with van der Waals surface area (Å²) in [4.78, 5) is 4.80. The van der Waals surface area contributed by atoms with E-state index in [-0.39, 0.29) is 6.61 Å². The molecule has 0 atom stereocenters. The number of hydrogen-bond acceptors (Lipinski definition) is 3. The molecule has 3 heteroatoms. The van der Waals surface area contributed by atoms with Crippen molar-refractivity contribution >= 4 is 0 Å². The highest BCUT2D eigenvalue weighted by atomic mass is 16.7. The van der Waals surface area contributed by atoms with Crippen LogP contribution in [0.15, 0.2) is 24.1 Å². The van der Waals surface area contributed by atoms with Gasteiger partial charge in [0.05, 0.1) is 0 Å². The molecule has 3 nitrogen and oxygen atoms in total. The summed E-state index contributed by atoms with van der Waals surface area (Å²) in [6.07, 6.45) is 2.52. The normalized spacial score (nSPS) is 17.9. The summed E-state index contributed by atoms with van der Waals surface area (Å²) in [5.41, 5.74) is 3.37. The number of hydroxylamine groups is 1. The van der Waals surface area contributed by atoms with Crippen molar-refractivity contribution in [3.05, 3.63) is 24.1 Å². The summed E-state index contributed by atoms with van der Waals surface area (Å²) in [6.45, 7) is 3.57. The molecular weight excluding hydrogens is 118 g/mol. The molecule has 0 unspecified atom stereocenters. The molecule has 0 bridgehead atoms. The van der Waals surface area contributed by atoms with Gasteiger partial charge < -0.3 is 9.94 Å². The zero-order valence-corrected chi connectivity index (χ0v) is 5.05. The molecule has 1 heterocycles. The van der Waals surface area contributed by atoms with E-state index < -0.39 is 0 Å². The molecule has 50 valence electrons. The highest BCUT2D eigenvalue weighted by molar-refractivity contribution is 5.06. The number of hydrogen-bond donors (Lipinski definition) is 2. The lowest BCUT2D eigenvalue weighted by molar-refractivity contribution is 0.0889. The molecule has 0 spiro atoms. The zero-order chi connectivity index (χ0) is 6.69. The maximum absolute atomic E-state index is 8.51. The second-order valence-corrected chi connectivity index (χ2v) is 1.84. The fourth-order valence-electron chi connectivity index (χ4n) is 0.555. The third-order valence-corrected chi connectivity index (χ3v) is 1.06. The molecule has 1 rings (SSSR count). The molecule has 0 aromatic heterocycles. The predicted octanol–water partition coefficient (Wildman–Crippen LogP) is 0.301. The molecule has 0 aliphatic carbocycles. The molecule has 0 saturated heterocycles. The van der Waals surface area contributed by atoms with Crippen LogP contribution in [0.5, 0.6) is 0 Å². The van der Waals surface area contributed by atoms with E-state index >= 15 is 0 Å². The van der Waals surface area contributed by atoms with E-state index in [1.807, 2.05) is 0 Å². The van der Waals surface area contributed by atoms with Crippen molar-refractivity contribution in [3.63, 3.8) is 0 Å². The topological polar surface area (TPSA) is 41.5 Å². The van der Waals surface area contributed by atoms with Crippen LogP contribution >= 0.6 is 0 Å². The SMILES string of the molecule is C=C1CC=C(CO)ON1. The van der Waals surface area contributed by atoms with Crippen molar-refractivity contribution in [2.75, 3.05) is 6.61 Å². The summed E-state index contributed by atoms with van der Waals surface area (Å²) in [5.74, 6) is 0.558. The minimum atomic E-state index is -0.0553. The van der Waals surface area contributed by atoms with E-state index in [4.69, 9.17) is 9.94 Å². The van der Waals surface area contributed by atoms with Gasteiger partial charge in [-0.1, -0.05) is 6.58 Å². The molecule has 0 saturated carbocycles. The molecule has 0 aromatic carbocycles. The van der Waals surface area contributed by atoms with Crippen molar-refractivity contribution in [2.45, 2.75) is 6.42 Å². The van der Waals surface area contributed by atoms with Gasteiger partial charge >= 0.3 is 0 Å². The van der Waals surface area contributed by atoms with Gasteiger partial charge in [-0.2, -0.15) is 0 Å². The summed E-state index contributed by atoms with van der Waals surface area (Å²) < 4.78 is 0. The molecule has 0 amide bonds. The highest BCUT2D eigenvalue weighted by Crippen LogP contribution is 2.07. The van der Waals surface area contributed by atoms with Gasteiger partial charge in [0.2, 0.25) is 0 Å². The van der Waals surface area contributed by atoms with Crippen molar-refractivity contribution in [1.82, 2.24) is 5.48 Å². The number of aliphatic hydroxyl groups is 1. The Morgan fingerprint density at radius 3 is 3.11 bits per heavy atom. The maximum atomic E-state index is 8.51. The largest absolute Gasteiger partial charge is 0.388 e. The van der Waals surface area contributed by atoms with Crippen molar-refractivity contribution < 1.29 is 9.94 Å². The number of aliphatic hydroxyl groups excluding tert-OH is 1. The third kappa shape index (κ3) is 1.47. The first-order valence-electron chi connectivity index (χ1n) is 2.73. The number of nitrogens with one attached hydrogen (secondary N) is 1. The van der Waals surface area contributed by atoms with Crippen molar-refractivity contribution in [2.24, 2.45) is 0 Å². The Balaban J connectivity index is 2.50. The molecule has 9 heavy (non-hydrogen) atoms. The summed E-state index contributed by atoms with van der Waals surface area (Å²) in [5, 5.41) is 8.51. The number of allylic oxidation sites excluding steroid dienone is 1. The van der Waals surface area contributed by atoms with Crippen molar-refractivity contribution in [3.8, 4) is 0 Å². The van der Waals surface area contributed by atoms with Gasteiger partial charge in [0, 0.05) is 12.1 Å². The third-order valence-electron chi connectivity index (χ3n) is 1.06. The van der Waals surface area contributed by atoms with Gasteiger partial charge in [-0.15, -0.1) is 0 Å². The van der Waals surface area contributed by atoms with E-state index in [0.717, 1.165) is 12.1 Å². The van der Waals surface area contributed by atoms with Crippen LogP contribution in [-0.2, 0) is 4.84 Å². The minimum Gasteiger partial charge on any atom is -0.388 e. The van der Waals surface area contributed by atoms with Crippen molar-refractivity contribution in [1.29, 1.82) is 0 Å². The Kier molecular flexibility index (Phi) is 1.75. The van der Waals surface area contributed by atoms with Gasteiger partial charge in [-0.05, 0) is 6.08 Å². The van der Waals surface area contributed by atoms with Crippen LogP contribution in [0.3, 0.4) is 0 Å². The van der Waals surface area contributed by atoms with Gasteiger partial charge in [0.1, 0.15) is 6.61 Å². The molecule has 2 N–H and O–H groups in total. The zero-order valence-electron chi connectivity index (χ0n) is 5.05. The van der Waals surface area contributed by atoms with E-state index in [2.05, 4.69) is 12.1 Å². The number of rotatable bonds is 1. The lowest BCUT2D eigenvalue weighted by Gasteiger charge is -2.15. The van der Waals surface area contributed by atoms with Gasteiger partial charge in [-0.3, -0.25) is 0 Å². The van der Waals surface area contributed by atoms with E-state index in [9.17, 15) is 0 Å². The average molecular weight is 127 g/mol. The first-order valence-corrected chi connectivity index (χ1v) is 2.73. The van der Waals surface area contributed by atoms with E-state index in [0.29, 0.717) is 5.76 Å². The average Bonchev–Trinajstić information content (AvgIpc) is 1.90. The fourth-order valence-corrected chi connectivity index (χ4v) is 0.555. The maximum Gasteiger partial charge on any atom is 0.153 e. The van der Waals surface area contributed by atoms with Crippen LogP contribution in [0.2, 0.25) is 0 Å². The Morgan fingerprint density at radius 1 is 1.89 bits per heavy atom. The first kappa shape index (κ1) is 6.16. The Labute approximate surface area is 53.6 Å². The van der Waals surface area contributed by atoms with Crippen LogP contribution in [0.4, 0.5) is 0 Å². The lowest BCUT2D eigenvalue weighted by Crippen LogP contribution is -2.18. The van der Waals surface area contributed by atoms with Crippen LogP contribution in [-0.4, -0.2) is 11.7 Å². The van der Waals surface area contributed by atoms with E-state index in [1.54, 1.807) is 6.08 Å². The Bertz CT molecular complexity index is 151. The molecular formula is C6H9NO2. The van der Waals surface area contributed by atoms with E-state index in [1.165, 1.54) is 0 Å². The Hall–Kier alpha value is -0.960. The molecule has 0 aromatic rings. The quantitative estimate of drug-likeness (QED) is 0.532. The molecule has 1 aliphatic rings. The summed E-state index contributed by atoms with van der Waals surface area (Å²) in [6, 6.07) is 0. The van der Waals surface area contributed by atoms with Crippen LogP contribution in [0.1, 0.15) is 6.42 Å². The van der Waals surface area contributed by atoms with Crippen LogP contribution in [0, 0.1) is 0 Å². The summed E-state index contributed by atoms with van der Waals surface area (Å²) >= 11 is 0. The van der Waals surface area contributed by atoms with Crippen LogP contribution < -0.4 is 5.48 Å². The summed E-state index contributed by atoms with van der Waals surface area (Å²) in [7, 11) is 0. The second-order valence-electron chi connectivity index (χ2n) is 1.84. The predicted molar refractivity (Wildman–Crippen MR) is 33.1 cm³/mol. The molecule has 1 aliphatic heterocycles. The monoisotopic (exact) mass is 127 g/mol. The smallest absolute Gasteiger partial charge is 0.153 e. The highest BCUT2D eigenvalue weighted by Gasteiger charge is 2.03. The van der Waals surface area contributed by atoms with Gasteiger partial charge in [-0.25, -0.2) is 5.48 Å².